The molecule has 0 bridgehead atoms. The summed E-state index contributed by atoms with van der Waals surface area (Å²) in [6.07, 6.45) is 0. The molecule has 0 fully saturated rings. The van der Waals surface area contributed by atoms with Crippen LogP contribution in [0.5, 0.6) is 11.5 Å². The highest BCUT2D eigenvalue weighted by molar-refractivity contribution is 5.55. The van der Waals surface area contributed by atoms with Gasteiger partial charge in [0.15, 0.2) is 11.5 Å². The van der Waals surface area contributed by atoms with Gasteiger partial charge in [0.2, 0.25) is 0 Å². The van der Waals surface area contributed by atoms with Gasteiger partial charge in [0.1, 0.15) is 0 Å². The Bertz CT molecular complexity index is 559. The molecule has 5 heteroatoms. The zero-order chi connectivity index (χ0) is 14.5. The lowest BCUT2D eigenvalue weighted by Crippen LogP contribution is -2.02. The van der Waals surface area contributed by atoms with Crippen molar-refractivity contribution >= 4 is 5.69 Å². The van der Waals surface area contributed by atoms with Crippen LogP contribution in [0.15, 0.2) is 18.2 Å². The highest BCUT2D eigenvalue weighted by Gasteiger charge is 2.08. The van der Waals surface area contributed by atoms with Crippen LogP contribution in [-0.2, 0) is 6.54 Å². The van der Waals surface area contributed by atoms with E-state index in [9.17, 15) is 0 Å². The Kier molecular flexibility index (Phi) is 4.50. The first kappa shape index (κ1) is 14.2. The summed E-state index contributed by atoms with van der Waals surface area (Å²) < 4.78 is 10.8. The monoisotopic (exact) mass is 275 g/mol. The number of hydrogen-bond donors (Lipinski definition) is 2. The van der Waals surface area contributed by atoms with Crippen molar-refractivity contribution in [2.75, 3.05) is 19.0 Å². The van der Waals surface area contributed by atoms with Crippen LogP contribution in [0.4, 0.5) is 5.69 Å². The van der Waals surface area contributed by atoms with Crippen LogP contribution in [0.1, 0.15) is 23.9 Å². The zero-order valence-corrected chi connectivity index (χ0v) is 12.4. The SMILES string of the molecule is CCOc1ccc(NCc2c(C)n[nH]c2C)cc1OC. The molecule has 0 spiro atoms. The lowest BCUT2D eigenvalue weighted by atomic mass is 10.2. The molecule has 0 radical (unpaired) electrons. The molecular formula is C15H21N3O2. The van der Waals surface area contributed by atoms with Crippen molar-refractivity contribution in [2.24, 2.45) is 0 Å². The van der Waals surface area contributed by atoms with Gasteiger partial charge in [0.25, 0.3) is 0 Å². The van der Waals surface area contributed by atoms with Crippen molar-refractivity contribution in [3.8, 4) is 11.5 Å². The Balaban J connectivity index is 2.10. The molecule has 0 aliphatic rings. The molecule has 108 valence electrons. The third-order valence-corrected chi connectivity index (χ3v) is 3.21. The van der Waals surface area contributed by atoms with E-state index in [1.165, 1.54) is 5.56 Å². The van der Waals surface area contributed by atoms with E-state index >= 15 is 0 Å². The Morgan fingerprint density at radius 3 is 2.65 bits per heavy atom. The Labute approximate surface area is 119 Å². The van der Waals surface area contributed by atoms with Crippen LogP contribution in [0.2, 0.25) is 0 Å². The van der Waals surface area contributed by atoms with Gasteiger partial charge >= 0.3 is 0 Å². The second kappa shape index (κ2) is 6.32. The zero-order valence-electron chi connectivity index (χ0n) is 12.4. The van der Waals surface area contributed by atoms with E-state index in [1.54, 1.807) is 7.11 Å². The van der Waals surface area contributed by atoms with Gasteiger partial charge in [-0.2, -0.15) is 5.10 Å². The second-order valence-electron chi connectivity index (χ2n) is 4.56. The van der Waals surface area contributed by atoms with Crippen LogP contribution in [0.25, 0.3) is 0 Å². The van der Waals surface area contributed by atoms with E-state index in [0.29, 0.717) is 6.61 Å². The molecule has 1 heterocycles. The normalized spacial score (nSPS) is 10.4. The first-order valence-electron chi connectivity index (χ1n) is 6.70. The number of rotatable bonds is 6. The van der Waals surface area contributed by atoms with Gasteiger partial charge in [-0.15, -0.1) is 0 Å². The molecule has 5 nitrogen and oxygen atoms in total. The number of anilines is 1. The number of aryl methyl sites for hydroxylation is 2. The Morgan fingerprint density at radius 1 is 1.25 bits per heavy atom. The highest BCUT2D eigenvalue weighted by Crippen LogP contribution is 2.30. The number of benzene rings is 1. The van der Waals surface area contributed by atoms with Gasteiger partial charge in [0, 0.05) is 29.6 Å². The van der Waals surface area contributed by atoms with Gasteiger partial charge in [-0.25, -0.2) is 0 Å². The van der Waals surface area contributed by atoms with Crippen LogP contribution in [0.3, 0.4) is 0 Å². The molecule has 0 saturated heterocycles. The summed E-state index contributed by atoms with van der Waals surface area (Å²) in [5.41, 5.74) is 4.30. The maximum Gasteiger partial charge on any atom is 0.162 e. The second-order valence-corrected chi connectivity index (χ2v) is 4.56. The van der Waals surface area contributed by atoms with Gasteiger partial charge in [-0.05, 0) is 32.9 Å². The smallest absolute Gasteiger partial charge is 0.162 e. The number of ether oxygens (including phenoxy) is 2. The van der Waals surface area contributed by atoms with E-state index in [-0.39, 0.29) is 0 Å². The number of aromatic amines is 1. The molecule has 0 aliphatic heterocycles. The number of nitrogens with one attached hydrogen (secondary N) is 2. The lowest BCUT2D eigenvalue weighted by molar-refractivity contribution is 0.311. The van der Waals surface area contributed by atoms with E-state index in [4.69, 9.17) is 9.47 Å². The third-order valence-electron chi connectivity index (χ3n) is 3.21. The Morgan fingerprint density at radius 2 is 2.05 bits per heavy atom. The summed E-state index contributed by atoms with van der Waals surface area (Å²) in [6.45, 7) is 7.33. The van der Waals surface area contributed by atoms with Crippen molar-refractivity contribution in [1.82, 2.24) is 10.2 Å². The standard InChI is InChI=1S/C15H21N3O2/c1-5-20-14-7-6-12(8-15(14)19-4)16-9-13-10(2)17-18-11(13)3/h6-8,16H,5,9H2,1-4H3,(H,17,18). The van der Waals surface area contributed by atoms with Crippen molar-refractivity contribution in [2.45, 2.75) is 27.3 Å². The maximum atomic E-state index is 5.50. The average Bonchev–Trinajstić information content (AvgIpc) is 2.77. The molecule has 2 aromatic rings. The predicted molar refractivity (Wildman–Crippen MR) is 79.6 cm³/mol. The molecular weight excluding hydrogens is 254 g/mol. The number of methoxy groups -OCH3 is 1. The van der Waals surface area contributed by atoms with Crippen molar-refractivity contribution < 1.29 is 9.47 Å². The van der Waals surface area contributed by atoms with Crippen LogP contribution < -0.4 is 14.8 Å². The molecule has 20 heavy (non-hydrogen) atoms. The largest absolute Gasteiger partial charge is 0.493 e. The van der Waals surface area contributed by atoms with Gasteiger partial charge in [-0.3, -0.25) is 5.10 Å². The third kappa shape index (κ3) is 3.04. The quantitative estimate of drug-likeness (QED) is 0.850. The topological polar surface area (TPSA) is 59.2 Å². The van der Waals surface area contributed by atoms with Crippen LogP contribution >= 0.6 is 0 Å². The molecule has 0 saturated carbocycles. The summed E-state index contributed by atoms with van der Waals surface area (Å²) in [5.74, 6) is 1.49. The minimum atomic E-state index is 0.622. The summed E-state index contributed by atoms with van der Waals surface area (Å²) in [6, 6.07) is 5.84. The Hall–Kier alpha value is -2.17. The molecule has 0 atom stereocenters. The van der Waals surface area contributed by atoms with Crippen molar-refractivity contribution in [3.63, 3.8) is 0 Å². The van der Waals surface area contributed by atoms with E-state index < -0.39 is 0 Å². The first-order chi connectivity index (χ1) is 9.65. The van der Waals surface area contributed by atoms with E-state index in [1.807, 2.05) is 39.0 Å². The highest BCUT2D eigenvalue weighted by atomic mass is 16.5. The molecule has 0 unspecified atom stereocenters. The van der Waals surface area contributed by atoms with Crippen molar-refractivity contribution in [1.29, 1.82) is 0 Å². The lowest BCUT2D eigenvalue weighted by Gasteiger charge is -2.12. The number of aromatic nitrogens is 2. The fourth-order valence-corrected chi connectivity index (χ4v) is 2.08. The maximum absolute atomic E-state index is 5.50. The summed E-state index contributed by atoms with van der Waals surface area (Å²) in [7, 11) is 1.64. The average molecular weight is 275 g/mol. The summed E-state index contributed by atoms with van der Waals surface area (Å²) >= 11 is 0. The molecule has 0 aliphatic carbocycles. The molecule has 1 aromatic carbocycles. The van der Waals surface area contributed by atoms with Gasteiger partial charge in [0.05, 0.1) is 19.4 Å². The number of H-pyrrole nitrogens is 1. The molecule has 0 amide bonds. The number of nitrogens with zero attached hydrogens (tertiary/aromatic N) is 1. The van der Waals surface area contributed by atoms with Gasteiger partial charge in [-0.1, -0.05) is 0 Å². The fraction of sp³-hybridized carbons (Fsp3) is 0.400. The molecule has 1 aromatic heterocycles. The first-order valence-corrected chi connectivity index (χ1v) is 6.70. The summed E-state index contributed by atoms with van der Waals surface area (Å²) in [4.78, 5) is 0. The fourth-order valence-electron chi connectivity index (χ4n) is 2.08. The predicted octanol–water partition coefficient (Wildman–Crippen LogP) is 3.05. The minimum Gasteiger partial charge on any atom is -0.493 e. The van der Waals surface area contributed by atoms with E-state index in [0.717, 1.165) is 35.1 Å². The van der Waals surface area contributed by atoms with Crippen LogP contribution in [0, 0.1) is 13.8 Å². The van der Waals surface area contributed by atoms with Gasteiger partial charge < -0.3 is 14.8 Å². The van der Waals surface area contributed by atoms with E-state index in [2.05, 4.69) is 15.5 Å². The summed E-state index contributed by atoms with van der Waals surface area (Å²) in [5, 5.41) is 10.6. The number of hydrogen-bond acceptors (Lipinski definition) is 4. The van der Waals surface area contributed by atoms with Crippen molar-refractivity contribution in [3.05, 3.63) is 35.2 Å². The molecule has 2 N–H and O–H groups in total. The molecule has 2 rings (SSSR count). The van der Waals surface area contributed by atoms with Crippen LogP contribution in [-0.4, -0.2) is 23.9 Å². The minimum absolute atomic E-state index is 0.622.